The van der Waals surface area contributed by atoms with E-state index in [1.165, 1.54) is 12.1 Å². The molecule has 2 amide bonds. The topological polar surface area (TPSA) is 58.2 Å². The van der Waals surface area contributed by atoms with E-state index >= 15 is 0 Å². The lowest BCUT2D eigenvalue weighted by Crippen LogP contribution is -2.43. The summed E-state index contributed by atoms with van der Waals surface area (Å²) in [6, 6.07) is 15.8. The van der Waals surface area contributed by atoms with Gasteiger partial charge in [-0.3, -0.25) is 9.59 Å². The molecule has 3 rings (SSSR count). The van der Waals surface area contributed by atoms with Gasteiger partial charge >= 0.3 is 0 Å². The van der Waals surface area contributed by atoms with Crippen molar-refractivity contribution in [3.8, 4) is 0 Å². The minimum absolute atomic E-state index is 0.208. The molecular formula is C20H21FN2O2. The van der Waals surface area contributed by atoms with Crippen LogP contribution in [0.25, 0.3) is 0 Å². The van der Waals surface area contributed by atoms with E-state index in [2.05, 4.69) is 10.6 Å². The molecule has 2 N–H and O–H groups in total. The highest BCUT2D eigenvalue weighted by Gasteiger charge is 2.56. The third kappa shape index (κ3) is 4.24. The molecule has 0 aromatic heterocycles. The molecule has 1 aliphatic carbocycles. The summed E-state index contributed by atoms with van der Waals surface area (Å²) >= 11 is 0. The van der Waals surface area contributed by atoms with E-state index in [-0.39, 0.29) is 24.2 Å². The lowest BCUT2D eigenvalue weighted by molar-refractivity contribution is -0.137. The lowest BCUT2D eigenvalue weighted by atomic mass is 10.0. The zero-order valence-electron chi connectivity index (χ0n) is 13.9. The third-order valence-corrected chi connectivity index (χ3v) is 4.53. The Morgan fingerprint density at radius 2 is 1.52 bits per heavy atom. The Kier molecular flexibility index (Phi) is 5.12. The van der Waals surface area contributed by atoms with Crippen molar-refractivity contribution in [3.05, 3.63) is 71.5 Å². The van der Waals surface area contributed by atoms with Crippen LogP contribution in [-0.4, -0.2) is 18.4 Å². The van der Waals surface area contributed by atoms with E-state index in [0.717, 1.165) is 17.5 Å². The Hall–Kier alpha value is -2.69. The molecule has 0 heterocycles. The Morgan fingerprint density at radius 1 is 0.880 bits per heavy atom. The third-order valence-electron chi connectivity index (χ3n) is 4.53. The Balaban J connectivity index is 1.47. The second-order valence-electron chi connectivity index (χ2n) is 6.38. The normalized spacial score (nSPS) is 14.6. The molecule has 2 aromatic rings. The Labute approximate surface area is 146 Å². The van der Waals surface area contributed by atoms with Gasteiger partial charge in [-0.25, -0.2) is 4.39 Å². The number of hydrogen-bond donors (Lipinski definition) is 2. The summed E-state index contributed by atoms with van der Waals surface area (Å²) in [6.45, 7) is 0.800. The molecule has 0 bridgehead atoms. The summed E-state index contributed by atoms with van der Waals surface area (Å²) in [4.78, 5) is 24.8. The molecule has 2 aromatic carbocycles. The number of benzene rings is 2. The number of hydrogen-bond acceptors (Lipinski definition) is 2. The van der Waals surface area contributed by atoms with Gasteiger partial charge in [0.15, 0.2) is 0 Å². The first kappa shape index (κ1) is 17.1. The van der Waals surface area contributed by atoms with Crippen molar-refractivity contribution in [1.82, 2.24) is 10.6 Å². The van der Waals surface area contributed by atoms with Crippen molar-refractivity contribution in [2.24, 2.45) is 5.41 Å². The molecule has 1 saturated carbocycles. The molecule has 0 aliphatic heterocycles. The van der Waals surface area contributed by atoms with Crippen LogP contribution in [0.3, 0.4) is 0 Å². The van der Waals surface area contributed by atoms with Gasteiger partial charge in [0.1, 0.15) is 11.2 Å². The van der Waals surface area contributed by atoms with E-state index in [0.29, 0.717) is 19.4 Å². The number of halogens is 1. The van der Waals surface area contributed by atoms with Crippen molar-refractivity contribution >= 4 is 11.8 Å². The number of rotatable bonds is 7. The highest BCUT2D eigenvalue weighted by atomic mass is 19.1. The number of carbonyl (C=O) groups is 2. The number of amides is 2. The smallest absolute Gasteiger partial charge is 0.235 e. The van der Waals surface area contributed by atoms with Crippen LogP contribution >= 0.6 is 0 Å². The van der Waals surface area contributed by atoms with Gasteiger partial charge in [-0.2, -0.15) is 0 Å². The van der Waals surface area contributed by atoms with Crippen molar-refractivity contribution in [1.29, 1.82) is 0 Å². The summed E-state index contributed by atoms with van der Waals surface area (Å²) in [6.07, 6.45) is 1.87. The van der Waals surface area contributed by atoms with Crippen molar-refractivity contribution in [3.63, 3.8) is 0 Å². The predicted molar refractivity (Wildman–Crippen MR) is 93.1 cm³/mol. The first-order valence-electron chi connectivity index (χ1n) is 8.45. The van der Waals surface area contributed by atoms with Crippen LogP contribution in [0, 0.1) is 11.2 Å². The Morgan fingerprint density at radius 3 is 2.16 bits per heavy atom. The van der Waals surface area contributed by atoms with Gasteiger partial charge in [0, 0.05) is 13.1 Å². The first-order valence-corrected chi connectivity index (χ1v) is 8.45. The van der Waals surface area contributed by atoms with E-state index in [9.17, 15) is 14.0 Å². The molecule has 25 heavy (non-hydrogen) atoms. The molecule has 130 valence electrons. The maximum atomic E-state index is 12.9. The Bertz CT molecular complexity index is 740. The monoisotopic (exact) mass is 340 g/mol. The first-order chi connectivity index (χ1) is 12.1. The molecule has 0 radical (unpaired) electrons. The fourth-order valence-corrected chi connectivity index (χ4v) is 2.77. The van der Waals surface area contributed by atoms with Gasteiger partial charge in [0.25, 0.3) is 0 Å². The molecular weight excluding hydrogens is 319 g/mol. The summed E-state index contributed by atoms with van der Waals surface area (Å²) in [5.41, 5.74) is 1.01. The SMILES string of the molecule is O=C(NCCc1ccccc1)C1(C(=O)NCc2ccc(F)cc2)CC1. The van der Waals surface area contributed by atoms with Crippen LogP contribution in [0.5, 0.6) is 0 Å². The van der Waals surface area contributed by atoms with Crippen LogP contribution in [0.1, 0.15) is 24.0 Å². The van der Waals surface area contributed by atoms with Crippen molar-refractivity contribution in [2.75, 3.05) is 6.54 Å². The van der Waals surface area contributed by atoms with Gasteiger partial charge in [0.05, 0.1) is 0 Å². The van der Waals surface area contributed by atoms with Gasteiger partial charge in [0.2, 0.25) is 11.8 Å². The maximum Gasteiger partial charge on any atom is 0.235 e. The average molecular weight is 340 g/mol. The molecule has 0 spiro atoms. The second-order valence-corrected chi connectivity index (χ2v) is 6.38. The van der Waals surface area contributed by atoms with Crippen molar-refractivity contribution < 1.29 is 14.0 Å². The van der Waals surface area contributed by atoms with Crippen molar-refractivity contribution in [2.45, 2.75) is 25.8 Å². The zero-order chi connectivity index (χ0) is 17.7. The van der Waals surface area contributed by atoms with Gasteiger partial charge in [-0.1, -0.05) is 42.5 Å². The van der Waals surface area contributed by atoms with Gasteiger partial charge < -0.3 is 10.6 Å². The molecule has 5 heteroatoms. The summed E-state index contributed by atoms with van der Waals surface area (Å²) in [5.74, 6) is -0.777. The summed E-state index contributed by atoms with van der Waals surface area (Å²) in [5, 5.41) is 5.66. The molecule has 0 unspecified atom stereocenters. The van der Waals surface area contributed by atoms with E-state index in [1.807, 2.05) is 30.3 Å². The number of carbonyl (C=O) groups excluding carboxylic acids is 2. The predicted octanol–water partition coefficient (Wildman–Crippen LogP) is 2.58. The fourth-order valence-electron chi connectivity index (χ4n) is 2.77. The van der Waals surface area contributed by atoms with Gasteiger partial charge in [-0.15, -0.1) is 0 Å². The number of nitrogens with one attached hydrogen (secondary N) is 2. The largest absolute Gasteiger partial charge is 0.355 e. The van der Waals surface area contributed by atoms with E-state index in [1.54, 1.807) is 12.1 Å². The van der Waals surface area contributed by atoms with Crippen LogP contribution in [0.2, 0.25) is 0 Å². The molecule has 4 nitrogen and oxygen atoms in total. The fraction of sp³-hybridized carbons (Fsp3) is 0.300. The van der Waals surface area contributed by atoms with E-state index in [4.69, 9.17) is 0 Å². The standard InChI is InChI=1S/C20H21FN2O2/c21-17-8-6-16(7-9-17)14-23-19(25)20(11-12-20)18(24)22-13-10-15-4-2-1-3-5-15/h1-9H,10-14H2,(H,22,24)(H,23,25). The minimum Gasteiger partial charge on any atom is -0.355 e. The van der Waals surface area contributed by atoms with E-state index < -0.39 is 5.41 Å². The lowest BCUT2D eigenvalue weighted by Gasteiger charge is -2.15. The molecule has 1 fully saturated rings. The summed E-state index contributed by atoms with van der Waals surface area (Å²) in [7, 11) is 0. The molecule has 0 atom stereocenters. The highest BCUT2D eigenvalue weighted by Crippen LogP contribution is 2.46. The molecule has 1 aliphatic rings. The average Bonchev–Trinajstić information content (AvgIpc) is 3.44. The zero-order valence-corrected chi connectivity index (χ0v) is 13.9. The minimum atomic E-state index is -0.934. The van der Waals surface area contributed by atoms with Gasteiger partial charge in [-0.05, 0) is 42.5 Å². The van der Waals surface area contributed by atoms with Crippen LogP contribution in [-0.2, 0) is 22.6 Å². The highest BCUT2D eigenvalue weighted by molar-refractivity contribution is 6.07. The maximum absolute atomic E-state index is 12.9. The quantitative estimate of drug-likeness (QED) is 0.761. The van der Waals surface area contributed by atoms with Crippen LogP contribution in [0.4, 0.5) is 4.39 Å². The molecule has 0 saturated heterocycles. The van der Waals surface area contributed by atoms with Crippen LogP contribution in [0.15, 0.2) is 54.6 Å². The van der Waals surface area contributed by atoms with Crippen LogP contribution < -0.4 is 10.6 Å². The second kappa shape index (κ2) is 7.47. The summed E-state index contributed by atoms with van der Waals surface area (Å²) < 4.78 is 12.9.